The van der Waals surface area contributed by atoms with E-state index in [9.17, 15) is 0 Å². The molecule has 0 spiro atoms. The maximum atomic E-state index is 9.04. The Morgan fingerprint density at radius 2 is 1.82 bits per heavy atom. The van der Waals surface area contributed by atoms with Gasteiger partial charge in [-0.2, -0.15) is 11.8 Å². The van der Waals surface area contributed by atoms with Gasteiger partial charge in [-0.25, -0.2) is 0 Å². The molecule has 0 radical (unpaired) electrons. The van der Waals surface area contributed by atoms with Crippen LogP contribution in [0.15, 0.2) is 0 Å². The summed E-state index contributed by atoms with van der Waals surface area (Å²) in [7, 11) is 0. The van der Waals surface area contributed by atoms with E-state index in [1.54, 1.807) is 6.92 Å². The molecule has 68 valence electrons. The third-order valence-electron chi connectivity index (χ3n) is 1.44. The van der Waals surface area contributed by atoms with Gasteiger partial charge in [-0.15, -0.1) is 0 Å². The minimum absolute atomic E-state index is 0.108. The van der Waals surface area contributed by atoms with Crippen molar-refractivity contribution < 1.29 is 15.3 Å². The normalized spacial score (nSPS) is 19.4. The number of rotatable bonds is 5. The Kier molecular flexibility index (Phi) is 5.95. The molecule has 3 N–H and O–H groups in total. The molecule has 0 aliphatic rings. The molecule has 0 rings (SSSR count). The number of hydrogen-bond donors (Lipinski definition) is 3. The van der Waals surface area contributed by atoms with Crippen molar-refractivity contribution in [1.82, 2.24) is 0 Å². The number of thioether (sulfide) groups is 1. The van der Waals surface area contributed by atoms with Crippen molar-refractivity contribution in [2.24, 2.45) is 0 Å². The van der Waals surface area contributed by atoms with Crippen molar-refractivity contribution in [2.75, 3.05) is 12.4 Å². The van der Waals surface area contributed by atoms with E-state index in [1.165, 1.54) is 11.8 Å². The van der Waals surface area contributed by atoms with Crippen LogP contribution in [-0.4, -0.2) is 45.1 Å². The maximum absolute atomic E-state index is 9.04. The van der Waals surface area contributed by atoms with Crippen LogP contribution < -0.4 is 0 Å². The Balaban J connectivity index is 3.37. The molecule has 3 nitrogen and oxygen atoms in total. The molecule has 4 heteroatoms. The van der Waals surface area contributed by atoms with Crippen molar-refractivity contribution >= 4 is 11.8 Å². The van der Waals surface area contributed by atoms with Crippen LogP contribution in [-0.2, 0) is 0 Å². The summed E-state index contributed by atoms with van der Waals surface area (Å²) in [5, 5.41) is 26.5. The first-order valence-electron chi connectivity index (χ1n) is 3.66. The highest BCUT2D eigenvalue weighted by Crippen LogP contribution is 2.14. The molecule has 0 aliphatic heterocycles. The van der Waals surface area contributed by atoms with Crippen molar-refractivity contribution in [1.29, 1.82) is 0 Å². The molecule has 0 saturated carbocycles. The quantitative estimate of drug-likeness (QED) is 0.550. The van der Waals surface area contributed by atoms with Crippen molar-refractivity contribution in [3.63, 3.8) is 0 Å². The summed E-state index contributed by atoms with van der Waals surface area (Å²) in [5.41, 5.74) is 0. The highest BCUT2D eigenvalue weighted by atomic mass is 32.2. The predicted octanol–water partition coefficient (Wildman–Crippen LogP) is -0.158. The summed E-state index contributed by atoms with van der Waals surface area (Å²) in [5.74, 6) is 0.475. The largest absolute Gasteiger partial charge is 0.394 e. The average Bonchev–Trinajstić information content (AvgIpc) is 1.99. The van der Waals surface area contributed by atoms with Gasteiger partial charge in [0.2, 0.25) is 0 Å². The molecule has 0 fully saturated rings. The summed E-state index contributed by atoms with van der Waals surface area (Å²) in [6.07, 6.45) is -1.04. The zero-order valence-electron chi connectivity index (χ0n) is 6.90. The van der Waals surface area contributed by atoms with Gasteiger partial charge in [0.05, 0.1) is 18.8 Å². The van der Waals surface area contributed by atoms with Crippen LogP contribution in [0, 0.1) is 0 Å². The lowest BCUT2D eigenvalue weighted by molar-refractivity contribution is 0.113. The lowest BCUT2D eigenvalue weighted by Crippen LogP contribution is -2.21. The van der Waals surface area contributed by atoms with Gasteiger partial charge in [0, 0.05) is 11.0 Å². The van der Waals surface area contributed by atoms with Crippen LogP contribution in [0.2, 0.25) is 0 Å². The Morgan fingerprint density at radius 3 is 2.18 bits per heavy atom. The molecule has 0 heterocycles. The van der Waals surface area contributed by atoms with Gasteiger partial charge < -0.3 is 15.3 Å². The van der Waals surface area contributed by atoms with E-state index in [-0.39, 0.29) is 18.0 Å². The van der Waals surface area contributed by atoms with Crippen LogP contribution in [0.1, 0.15) is 13.8 Å². The summed E-state index contributed by atoms with van der Waals surface area (Å²) >= 11 is 1.46. The summed E-state index contributed by atoms with van der Waals surface area (Å²) in [4.78, 5) is 0. The predicted molar refractivity (Wildman–Crippen MR) is 46.7 cm³/mol. The summed E-state index contributed by atoms with van der Waals surface area (Å²) < 4.78 is 0. The Labute approximate surface area is 71.4 Å². The van der Waals surface area contributed by atoms with E-state index in [1.807, 2.05) is 6.92 Å². The van der Waals surface area contributed by atoms with E-state index in [2.05, 4.69) is 0 Å². The van der Waals surface area contributed by atoms with Gasteiger partial charge in [-0.05, 0) is 6.92 Å². The van der Waals surface area contributed by atoms with E-state index >= 15 is 0 Å². The smallest absolute Gasteiger partial charge is 0.0861 e. The fourth-order valence-electron chi connectivity index (χ4n) is 0.455. The molecule has 0 aliphatic carbocycles. The summed E-state index contributed by atoms with van der Waals surface area (Å²) in [6, 6.07) is 0. The zero-order chi connectivity index (χ0) is 8.85. The molecule has 0 amide bonds. The highest BCUT2D eigenvalue weighted by molar-refractivity contribution is 7.99. The van der Waals surface area contributed by atoms with Crippen LogP contribution >= 0.6 is 11.8 Å². The molecule has 0 aromatic heterocycles. The molecule has 0 aromatic rings. The Hall–Kier alpha value is 0.230. The zero-order valence-corrected chi connectivity index (χ0v) is 7.71. The molecule has 0 saturated heterocycles. The van der Waals surface area contributed by atoms with Gasteiger partial charge in [0.15, 0.2) is 0 Å². The minimum atomic E-state index is -0.666. The van der Waals surface area contributed by atoms with Crippen molar-refractivity contribution in [3.05, 3.63) is 0 Å². The van der Waals surface area contributed by atoms with Crippen molar-refractivity contribution in [3.8, 4) is 0 Å². The second kappa shape index (κ2) is 5.83. The first kappa shape index (κ1) is 11.2. The SMILES string of the molecule is CC(O)C(C)SCC(O)CO. The lowest BCUT2D eigenvalue weighted by Gasteiger charge is -2.15. The van der Waals surface area contributed by atoms with Gasteiger partial charge in [-0.1, -0.05) is 6.92 Å². The van der Waals surface area contributed by atoms with Crippen LogP contribution in [0.3, 0.4) is 0 Å². The Morgan fingerprint density at radius 1 is 1.27 bits per heavy atom. The first-order valence-corrected chi connectivity index (χ1v) is 4.71. The number of aliphatic hydroxyl groups excluding tert-OH is 3. The highest BCUT2D eigenvalue weighted by Gasteiger charge is 2.11. The summed E-state index contributed by atoms with van der Waals surface area (Å²) in [6.45, 7) is 3.39. The van der Waals surface area contributed by atoms with E-state index < -0.39 is 6.10 Å². The second-order valence-corrected chi connectivity index (χ2v) is 4.03. The van der Waals surface area contributed by atoms with Gasteiger partial charge in [-0.3, -0.25) is 0 Å². The standard InChI is InChI=1S/C7H16O3S/c1-5(9)6(2)11-4-7(10)3-8/h5-10H,3-4H2,1-2H3. The maximum Gasteiger partial charge on any atom is 0.0861 e. The minimum Gasteiger partial charge on any atom is -0.394 e. The third kappa shape index (κ3) is 5.49. The van der Waals surface area contributed by atoms with Crippen LogP contribution in [0.4, 0.5) is 0 Å². The van der Waals surface area contributed by atoms with Gasteiger partial charge in [0.25, 0.3) is 0 Å². The van der Waals surface area contributed by atoms with Crippen LogP contribution in [0.5, 0.6) is 0 Å². The molecule has 0 aromatic carbocycles. The fourth-order valence-corrected chi connectivity index (χ4v) is 1.36. The monoisotopic (exact) mass is 180 g/mol. The molecule has 3 atom stereocenters. The van der Waals surface area contributed by atoms with Crippen molar-refractivity contribution in [2.45, 2.75) is 31.3 Å². The second-order valence-electron chi connectivity index (χ2n) is 2.62. The first-order chi connectivity index (χ1) is 5.07. The molecule has 11 heavy (non-hydrogen) atoms. The molecule has 0 bridgehead atoms. The fraction of sp³-hybridized carbons (Fsp3) is 1.00. The molecular weight excluding hydrogens is 164 g/mol. The number of aliphatic hydroxyl groups is 3. The van der Waals surface area contributed by atoms with Gasteiger partial charge in [0.1, 0.15) is 0 Å². The van der Waals surface area contributed by atoms with Crippen LogP contribution in [0.25, 0.3) is 0 Å². The average molecular weight is 180 g/mol. The molecular formula is C7H16O3S. The lowest BCUT2D eigenvalue weighted by atomic mass is 10.3. The third-order valence-corrected chi connectivity index (χ3v) is 2.94. The number of hydrogen-bond acceptors (Lipinski definition) is 4. The van der Waals surface area contributed by atoms with E-state index in [0.717, 1.165) is 0 Å². The van der Waals surface area contributed by atoms with E-state index in [0.29, 0.717) is 5.75 Å². The Bertz CT molecular complexity index is 97.7. The topological polar surface area (TPSA) is 60.7 Å². The molecule has 3 unspecified atom stereocenters. The van der Waals surface area contributed by atoms with Gasteiger partial charge >= 0.3 is 0 Å². The van der Waals surface area contributed by atoms with E-state index in [4.69, 9.17) is 15.3 Å².